The molecule has 36 heavy (non-hydrogen) atoms. The van der Waals surface area contributed by atoms with Crippen LogP contribution in [0.3, 0.4) is 0 Å². The van der Waals surface area contributed by atoms with Gasteiger partial charge in [0.25, 0.3) is 23.4 Å². The van der Waals surface area contributed by atoms with Crippen LogP contribution in [0.2, 0.25) is 0 Å². The van der Waals surface area contributed by atoms with Gasteiger partial charge in [0, 0.05) is 16.2 Å². The second kappa shape index (κ2) is 8.87. The summed E-state index contributed by atoms with van der Waals surface area (Å²) in [4.78, 5) is 53.5. The molecule has 2 aliphatic rings. The maximum Gasteiger partial charge on any atom is 0.282 e. The predicted molar refractivity (Wildman–Crippen MR) is 134 cm³/mol. The average molecular weight is 550 g/mol. The Morgan fingerprint density at radius 3 is 2.33 bits per heavy atom. The number of β-lactam (4-membered cyclic amide) rings is 1. The van der Waals surface area contributed by atoms with Crippen molar-refractivity contribution in [2.45, 2.75) is 25.9 Å². The number of halogens is 1. The fourth-order valence-corrected chi connectivity index (χ4v) is 4.99. The van der Waals surface area contributed by atoms with Crippen LogP contribution in [0.1, 0.15) is 44.8 Å². The number of nitrogens with zero attached hydrogens (tertiary/aromatic N) is 3. The molecule has 0 bridgehead atoms. The van der Waals surface area contributed by atoms with Crippen LogP contribution in [-0.2, 0) is 4.79 Å². The zero-order valence-electron chi connectivity index (χ0n) is 19.3. The number of nitro benzene ring substituents is 1. The van der Waals surface area contributed by atoms with Crippen molar-refractivity contribution in [3.63, 3.8) is 0 Å². The van der Waals surface area contributed by atoms with Crippen LogP contribution in [-0.4, -0.2) is 40.2 Å². The number of amides is 3. The van der Waals surface area contributed by atoms with Crippen LogP contribution >= 0.6 is 15.9 Å². The Labute approximate surface area is 214 Å². The molecule has 0 radical (unpaired) electrons. The number of ether oxygens (including phenoxy) is 1. The van der Waals surface area contributed by atoms with E-state index in [9.17, 15) is 24.5 Å². The van der Waals surface area contributed by atoms with Crippen LogP contribution in [0.5, 0.6) is 5.75 Å². The number of hydrogen-bond donors (Lipinski definition) is 0. The number of nitro groups is 1. The molecular weight excluding hydrogens is 530 g/mol. The normalized spacial score (nSPS) is 18.8. The summed E-state index contributed by atoms with van der Waals surface area (Å²) in [6.45, 7) is 4.25. The van der Waals surface area contributed by atoms with Crippen LogP contribution in [0.25, 0.3) is 0 Å². The van der Waals surface area contributed by atoms with Gasteiger partial charge in [0.05, 0.1) is 23.1 Å². The quantitative estimate of drug-likeness (QED) is 0.189. The SMILES string of the molecule is CCOc1ccc([C@H]2[C@H](N3C(=O)c4cccc([N+](=O)[O-])c4C3=O)C(=O)N2c2ccc(Br)c(C)c2)cc1. The summed E-state index contributed by atoms with van der Waals surface area (Å²) in [5.74, 6) is -1.37. The minimum atomic E-state index is -1.15. The maximum atomic E-state index is 13.6. The van der Waals surface area contributed by atoms with Crippen molar-refractivity contribution in [3.05, 3.63) is 97.5 Å². The minimum Gasteiger partial charge on any atom is -0.494 e. The maximum absolute atomic E-state index is 13.6. The zero-order valence-corrected chi connectivity index (χ0v) is 20.9. The number of anilines is 1. The zero-order chi connectivity index (χ0) is 25.7. The fraction of sp³-hybridized carbons (Fsp3) is 0.192. The lowest BCUT2D eigenvalue weighted by Crippen LogP contribution is -2.67. The van der Waals surface area contributed by atoms with E-state index < -0.39 is 40.4 Å². The highest BCUT2D eigenvalue weighted by atomic mass is 79.9. The molecule has 0 spiro atoms. The molecule has 2 atom stereocenters. The number of rotatable bonds is 6. The lowest BCUT2D eigenvalue weighted by molar-refractivity contribution is -0.385. The highest BCUT2D eigenvalue weighted by Gasteiger charge is 2.58. The molecule has 3 aromatic rings. The van der Waals surface area contributed by atoms with E-state index in [2.05, 4.69) is 15.9 Å². The van der Waals surface area contributed by atoms with Crippen molar-refractivity contribution in [3.8, 4) is 5.75 Å². The van der Waals surface area contributed by atoms with Crippen LogP contribution < -0.4 is 9.64 Å². The summed E-state index contributed by atoms with van der Waals surface area (Å²) in [5.41, 5.74) is 1.38. The number of carbonyl (C=O) groups is 3. The first-order chi connectivity index (χ1) is 17.2. The topological polar surface area (TPSA) is 110 Å². The summed E-state index contributed by atoms with van der Waals surface area (Å²) < 4.78 is 6.40. The van der Waals surface area contributed by atoms with Gasteiger partial charge < -0.3 is 9.64 Å². The Bertz CT molecular complexity index is 1440. The Balaban J connectivity index is 1.59. The van der Waals surface area contributed by atoms with Crippen LogP contribution in [0, 0.1) is 17.0 Å². The highest BCUT2D eigenvalue weighted by Crippen LogP contribution is 2.45. The molecule has 2 aliphatic heterocycles. The van der Waals surface area contributed by atoms with Gasteiger partial charge in [0.1, 0.15) is 17.4 Å². The lowest BCUT2D eigenvalue weighted by atomic mass is 9.86. The van der Waals surface area contributed by atoms with E-state index in [1.54, 1.807) is 30.3 Å². The monoisotopic (exact) mass is 549 g/mol. The smallest absolute Gasteiger partial charge is 0.282 e. The number of imide groups is 1. The molecule has 0 aromatic heterocycles. The third-order valence-electron chi connectivity index (χ3n) is 6.42. The van der Waals surface area contributed by atoms with Crippen molar-refractivity contribution in [2.75, 3.05) is 11.5 Å². The second-order valence-electron chi connectivity index (χ2n) is 8.47. The summed E-state index contributed by atoms with van der Waals surface area (Å²) >= 11 is 3.46. The molecule has 5 rings (SSSR count). The van der Waals surface area contributed by atoms with E-state index >= 15 is 0 Å². The van der Waals surface area contributed by atoms with E-state index in [0.29, 0.717) is 23.6 Å². The Morgan fingerprint density at radius 1 is 0.972 bits per heavy atom. The van der Waals surface area contributed by atoms with E-state index in [0.717, 1.165) is 14.9 Å². The van der Waals surface area contributed by atoms with Crippen molar-refractivity contribution < 1.29 is 24.0 Å². The fourth-order valence-electron chi connectivity index (χ4n) is 4.74. The van der Waals surface area contributed by atoms with Gasteiger partial charge in [-0.1, -0.05) is 34.1 Å². The molecule has 0 N–H and O–H groups in total. The van der Waals surface area contributed by atoms with Crippen molar-refractivity contribution in [1.29, 1.82) is 0 Å². The van der Waals surface area contributed by atoms with Gasteiger partial charge >= 0.3 is 0 Å². The minimum absolute atomic E-state index is 0.0784. The number of carbonyl (C=O) groups excluding carboxylic acids is 3. The van der Waals surface area contributed by atoms with Gasteiger partial charge in [0.2, 0.25) is 0 Å². The van der Waals surface area contributed by atoms with Gasteiger partial charge in [-0.3, -0.25) is 29.4 Å². The molecule has 0 unspecified atom stereocenters. The number of hydrogen-bond acceptors (Lipinski definition) is 6. The summed E-state index contributed by atoms with van der Waals surface area (Å²) in [7, 11) is 0. The molecule has 10 heteroatoms. The molecule has 3 aromatic carbocycles. The summed E-state index contributed by atoms with van der Waals surface area (Å²) in [6, 6.07) is 14.6. The standard InChI is InChI=1S/C26H20BrN3O6/c1-3-36-17-10-7-15(8-11-17)22-23(26(33)28(22)16-9-12-19(27)14(2)13-16)29-24(31)18-5-4-6-20(30(34)35)21(18)25(29)32/h4-13,22-23H,3H2,1-2H3/t22-,23-/m0/s1. The third kappa shape index (κ3) is 3.56. The Hall–Kier alpha value is -4.05. The molecule has 9 nitrogen and oxygen atoms in total. The molecule has 2 heterocycles. The average Bonchev–Trinajstić information content (AvgIpc) is 3.10. The Kier molecular flexibility index (Phi) is 5.83. The van der Waals surface area contributed by atoms with E-state index in [1.165, 1.54) is 23.1 Å². The number of aryl methyl sites for hydroxylation is 1. The first-order valence-corrected chi connectivity index (χ1v) is 12.0. The van der Waals surface area contributed by atoms with Crippen LogP contribution in [0.15, 0.2) is 65.1 Å². The second-order valence-corrected chi connectivity index (χ2v) is 9.32. The van der Waals surface area contributed by atoms with Crippen molar-refractivity contribution in [1.82, 2.24) is 4.90 Å². The van der Waals surface area contributed by atoms with Gasteiger partial charge in [-0.25, -0.2) is 0 Å². The molecule has 182 valence electrons. The summed E-state index contributed by atoms with van der Waals surface area (Å²) in [5, 5.41) is 11.5. The molecule has 1 saturated heterocycles. The third-order valence-corrected chi connectivity index (χ3v) is 7.31. The van der Waals surface area contributed by atoms with Gasteiger partial charge in [-0.15, -0.1) is 0 Å². The largest absolute Gasteiger partial charge is 0.494 e. The van der Waals surface area contributed by atoms with Crippen molar-refractivity contribution in [2.24, 2.45) is 0 Å². The first-order valence-electron chi connectivity index (χ1n) is 11.2. The van der Waals surface area contributed by atoms with E-state index in [-0.39, 0.29) is 11.1 Å². The summed E-state index contributed by atoms with van der Waals surface area (Å²) in [6.07, 6.45) is 0. The van der Waals surface area contributed by atoms with Gasteiger partial charge in [-0.05, 0) is 61.4 Å². The number of fused-ring (bicyclic) bond motifs is 1. The van der Waals surface area contributed by atoms with E-state index in [4.69, 9.17) is 4.74 Å². The van der Waals surface area contributed by atoms with Gasteiger partial charge in [0.15, 0.2) is 0 Å². The Morgan fingerprint density at radius 2 is 1.69 bits per heavy atom. The predicted octanol–water partition coefficient (Wildman–Crippen LogP) is 4.82. The molecule has 1 fully saturated rings. The highest BCUT2D eigenvalue weighted by molar-refractivity contribution is 9.10. The lowest BCUT2D eigenvalue weighted by Gasteiger charge is -2.49. The van der Waals surface area contributed by atoms with Gasteiger partial charge in [-0.2, -0.15) is 0 Å². The molecule has 0 aliphatic carbocycles. The van der Waals surface area contributed by atoms with Crippen LogP contribution in [0.4, 0.5) is 11.4 Å². The molecular formula is C26H20BrN3O6. The molecule has 3 amide bonds. The molecule has 0 saturated carbocycles. The number of benzene rings is 3. The first kappa shape index (κ1) is 23.7. The van der Waals surface area contributed by atoms with E-state index in [1.807, 2.05) is 26.0 Å². The van der Waals surface area contributed by atoms with Crippen molar-refractivity contribution >= 4 is 45.0 Å².